The topological polar surface area (TPSA) is 70.5 Å². The zero-order chi connectivity index (χ0) is 26.5. The molecule has 1 aliphatic heterocycles. The van der Waals surface area contributed by atoms with Gasteiger partial charge in [0.05, 0.1) is 23.1 Å². The van der Waals surface area contributed by atoms with Crippen molar-refractivity contribution >= 4 is 34.1 Å². The monoisotopic (exact) mass is 533 g/mol. The van der Waals surface area contributed by atoms with Gasteiger partial charge in [-0.25, -0.2) is 9.37 Å². The third-order valence-corrected chi connectivity index (χ3v) is 7.02. The number of hydrogen-bond donors (Lipinski definition) is 1. The Morgan fingerprint density at radius 3 is 2.47 bits per heavy atom. The smallest absolute Gasteiger partial charge is 0.266 e. The minimum atomic E-state index is -0.497. The maximum absolute atomic E-state index is 13.8. The lowest BCUT2D eigenvalue weighted by Gasteiger charge is -2.36. The summed E-state index contributed by atoms with van der Waals surface area (Å²) in [5, 5.41) is 3.84. The molecule has 9 heteroatoms. The molecule has 1 fully saturated rings. The number of benzene rings is 3. The number of carbonyl (C=O) groups excluding carboxylic acids is 1. The number of nitrogens with zero attached hydrogens (tertiary/aromatic N) is 4. The predicted octanol–water partition coefficient (Wildman–Crippen LogP) is 4.40. The van der Waals surface area contributed by atoms with Crippen molar-refractivity contribution in [3.63, 3.8) is 0 Å². The summed E-state index contributed by atoms with van der Waals surface area (Å²) in [5.41, 5.74) is 1.77. The normalized spacial score (nSPS) is 14.1. The quantitative estimate of drug-likeness (QED) is 0.363. The van der Waals surface area contributed by atoms with E-state index >= 15 is 0 Å². The van der Waals surface area contributed by atoms with Crippen LogP contribution in [0.25, 0.3) is 16.6 Å². The number of fused-ring (bicyclic) bond motifs is 1. The molecule has 0 saturated carbocycles. The van der Waals surface area contributed by atoms with Crippen molar-refractivity contribution < 1.29 is 9.18 Å². The van der Waals surface area contributed by atoms with Crippen molar-refractivity contribution in [3.05, 3.63) is 99.8 Å². The molecule has 0 spiro atoms. The Balaban J connectivity index is 1.17. The van der Waals surface area contributed by atoms with Crippen LogP contribution in [0.15, 0.2) is 77.6 Å². The molecule has 4 aromatic rings. The van der Waals surface area contributed by atoms with Gasteiger partial charge < -0.3 is 10.2 Å². The molecule has 3 aromatic carbocycles. The van der Waals surface area contributed by atoms with Crippen LogP contribution in [0.5, 0.6) is 0 Å². The minimum Gasteiger partial charge on any atom is -0.369 e. The number of carbonyl (C=O) groups is 1. The summed E-state index contributed by atoms with van der Waals surface area (Å²) in [6.07, 6.45) is 1.11. The molecule has 0 radical (unpaired) electrons. The third-order valence-electron chi connectivity index (χ3n) is 6.78. The Labute approximate surface area is 225 Å². The van der Waals surface area contributed by atoms with Crippen molar-refractivity contribution in [3.8, 4) is 5.69 Å². The molecule has 1 N–H and O–H groups in total. The van der Waals surface area contributed by atoms with E-state index in [1.54, 1.807) is 12.1 Å². The van der Waals surface area contributed by atoms with Gasteiger partial charge in [0.2, 0.25) is 5.91 Å². The van der Waals surface area contributed by atoms with Crippen LogP contribution in [0.4, 0.5) is 10.1 Å². The molecule has 1 aliphatic rings. The van der Waals surface area contributed by atoms with E-state index in [1.807, 2.05) is 36.4 Å². The highest BCUT2D eigenvalue weighted by Crippen LogP contribution is 2.21. The van der Waals surface area contributed by atoms with Gasteiger partial charge >= 0.3 is 0 Å². The number of nitrogens with one attached hydrogen (secondary N) is 1. The minimum absolute atomic E-state index is 0.0919. The van der Waals surface area contributed by atoms with Crippen LogP contribution in [0, 0.1) is 5.82 Å². The highest BCUT2D eigenvalue weighted by atomic mass is 35.5. The second-order valence-electron chi connectivity index (χ2n) is 9.35. The first-order valence-electron chi connectivity index (χ1n) is 12.7. The summed E-state index contributed by atoms with van der Waals surface area (Å²) in [7, 11) is 0. The summed E-state index contributed by atoms with van der Waals surface area (Å²) in [5.74, 6) is -0.204. The molecule has 0 unspecified atom stereocenters. The molecule has 5 rings (SSSR count). The summed E-state index contributed by atoms with van der Waals surface area (Å²) >= 11 is 6.13. The van der Waals surface area contributed by atoms with E-state index in [9.17, 15) is 14.0 Å². The first-order chi connectivity index (χ1) is 18.5. The first kappa shape index (κ1) is 25.9. The van der Waals surface area contributed by atoms with Crippen LogP contribution in [0.2, 0.25) is 5.02 Å². The fourth-order valence-electron chi connectivity index (χ4n) is 4.80. The highest BCUT2D eigenvalue weighted by Gasteiger charge is 2.18. The number of halogens is 2. The molecule has 1 saturated heterocycles. The van der Waals surface area contributed by atoms with E-state index < -0.39 is 5.82 Å². The maximum atomic E-state index is 13.8. The van der Waals surface area contributed by atoms with Gasteiger partial charge in [0, 0.05) is 43.3 Å². The van der Waals surface area contributed by atoms with Gasteiger partial charge in [-0.3, -0.25) is 19.1 Å². The summed E-state index contributed by atoms with van der Waals surface area (Å²) in [4.78, 5) is 35.2. The van der Waals surface area contributed by atoms with Crippen molar-refractivity contribution in [2.45, 2.75) is 19.4 Å². The number of anilines is 1. The van der Waals surface area contributed by atoms with Crippen molar-refractivity contribution in [2.24, 2.45) is 0 Å². The van der Waals surface area contributed by atoms with E-state index in [0.717, 1.165) is 49.9 Å². The molecule has 2 heterocycles. The Kier molecular flexibility index (Phi) is 8.00. The second-order valence-corrected chi connectivity index (χ2v) is 9.79. The van der Waals surface area contributed by atoms with E-state index in [1.165, 1.54) is 22.8 Å². The van der Waals surface area contributed by atoms with E-state index in [0.29, 0.717) is 23.4 Å². The molecule has 38 heavy (non-hydrogen) atoms. The van der Waals surface area contributed by atoms with Crippen LogP contribution < -0.4 is 15.8 Å². The molecule has 0 atom stereocenters. The molecule has 0 aliphatic carbocycles. The van der Waals surface area contributed by atoms with Gasteiger partial charge in [0.15, 0.2) is 0 Å². The van der Waals surface area contributed by atoms with Gasteiger partial charge in [-0.2, -0.15) is 0 Å². The molecular formula is C29H29ClFN5O2. The number of hydrogen-bond acceptors (Lipinski definition) is 5. The van der Waals surface area contributed by atoms with Crippen LogP contribution in [-0.2, 0) is 11.3 Å². The Bertz CT molecular complexity index is 1490. The van der Waals surface area contributed by atoms with Gasteiger partial charge in [-0.15, -0.1) is 0 Å². The zero-order valence-electron chi connectivity index (χ0n) is 20.9. The first-order valence-corrected chi connectivity index (χ1v) is 13.1. The number of para-hydroxylation sites is 1. The number of aromatic nitrogens is 2. The molecular weight excluding hydrogens is 505 g/mol. The average Bonchev–Trinajstić information content (AvgIpc) is 2.93. The summed E-state index contributed by atoms with van der Waals surface area (Å²) in [6, 6.07) is 20.9. The second kappa shape index (κ2) is 11.8. The molecule has 196 valence electrons. The molecule has 0 bridgehead atoms. The Morgan fingerprint density at radius 2 is 1.71 bits per heavy atom. The third kappa shape index (κ3) is 6.03. The SMILES string of the molecule is O=C(CCCN1CCN(c2cccc(Cl)c2)CC1)NCc1nc2ccc(F)cc2c(=O)n1-c1ccccc1. The van der Waals surface area contributed by atoms with Gasteiger partial charge in [-0.05, 0) is 61.5 Å². The van der Waals surface area contributed by atoms with Crippen molar-refractivity contribution in [1.82, 2.24) is 19.8 Å². The van der Waals surface area contributed by atoms with Crippen LogP contribution in [-0.4, -0.2) is 53.1 Å². The maximum Gasteiger partial charge on any atom is 0.266 e. The molecule has 1 aromatic heterocycles. The number of rotatable bonds is 8. The van der Waals surface area contributed by atoms with Gasteiger partial charge in [0.25, 0.3) is 5.56 Å². The number of piperazine rings is 1. The predicted molar refractivity (Wildman–Crippen MR) is 148 cm³/mol. The Morgan fingerprint density at radius 1 is 0.947 bits per heavy atom. The molecule has 7 nitrogen and oxygen atoms in total. The fourth-order valence-corrected chi connectivity index (χ4v) is 4.98. The van der Waals surface area contributed by atoms with Crippen LogP contribution in [0.1, 0.15) is 18.7 Å². The highest BCUT2D eigenvalue weighted by molar-refractivity contribution is 6.30. The fraction of sp³-hybridized carbons (Fsp3) is 0.276. The van der Waals surface area contributed by atoms with Crippen molar-refractivity contribution in [2.75, 3.05) is 37.6 Å². The van der Waals surface area contributed by atoms with E-state index in [-0.39, 0.29) is 23.4 Å². The average molecular weight is 534 g/mol. The van der Waals surface area contributed by atoms with E-state index in [4.69, 9.17) is 11.6 Å². The Hall–Kier alpha value is -3.75. The van der Waals surface area contributed by atoms with Crippen molar-refractivity contribution in [1.29, 1.82) is 0 Å². The van der Waals surface area contributed by atoms with Gasteiger partial charge in [-0.1, -0.05) is 35.9 Å². The van der Waals surface area contributed by atoms with Crippen LogP contribution in [0.3, 0.4) is 0 Å². The molecule has 1 amide bonds. The largest absolute Gasteiger partial charge is 0.369 e. The standard InChI is InChI=1S/C29H29ClFN5O2/c30-21-6-4-9-24(18-21)35-16-14-34(15-17-35)13-5-10-28(37)32-20-27-33-26-12-11-22(31)19-25(26)29(38)36(27)23-7-2-1-3-8-23/h1-4,6-9,11-12,18-19H,5,10,13-17,20H2,(H,32,37). The summed E-state index contributed by atoms with van der Waals surface area (Å²) < 4.78 is 15.3. The zero-order valence-corrected chi connectivity index (χ0v) is 21.7. The lowest BCUT2D eigenvalue weighted by molar-refractivity contribution is -0.121. The van der Waals surface area contributed by atoms with Crippen LogP contribution >= 0.6 is 11.6 Å². The number of amides is 1. The van der Waals surface area contributed by atoms with Gasteiger partial charge in [0.1, 0.15) is 11.6 Å². The lowest BCUT2D eigenvalue weighted by atomic mass is 10.2. The summed E-state index contributed by atoms with van der Waals surface area (Å²) in [6.45, 7) is 4.63. The lowest BCUT2D eigenvalue weighted by Crippen LogP contribution is -2.46. The van der Waals surface area contributed by atoms with E-state index in [2.05, 4.69) is 26.2 Å².